The Morgan fingerprint density at radius 2 is 1.91 bits per heavy atom. The van der Waals surface area contributed by atoms with Crippen LogP contribution in [0, 0.1) is 13.8 Å². The number of carbonyl (C=O) groups excluding carboxylic acids is 1. The number of anilines is 1. The van der Waals surface area contributed by atoms with E-state index in [1.807, 2.05) is 38.1 Å². The summed E-state index contributed by atoms with van der Waals surface area (Å²) < 4.78 is 5.98. The van der Waals surface area contributed by atoms with Crippen LogP contribution in [0.3, 0.4) is 0 Å². The number of aromatic nitrogens is 2. The van der Waals surface area contributed by atoms with Crippen molar-refractivity contribution < 1.29 is 9.53 Å². The lowest BCUT2D eigenvalue weighted by Gasteiger charge is -2.20. The number of aryl methyl sites for hydroxylation is 2. The number of hydrogen-bond donors (Lipinski definition) is 3. The number of hydrazine groups is 1. The van der Waals surface area contributed by atoms with Crippen LogP contribution in [0.2, 0.25) is 0 Å². The fourth-order valence-corrected chi connectivity index (χ4v) is 2.32. The Morgan fingerprint density at radius 3 is 2.48 bits per heavy atom. The van der Waals surface area contributed by atoms with Crippen molar-refractivity contribution in [3.05, 3.63) is 46.8 Å². The van der Waals surface area contributed by atoms with Gasteiger partial charge in [0.1, 0.15) is 11.9 Å². The lowest BCUT2D eigenvalue weighted by molar-refractivity contribution is 0.0945. The molecule has 2 aromatic rings. The lowest BCUT2D eigenvalue weighted by Crippen LogP contribution is -2.33. The molecule has 1 aromatic heterocycles. The topological polar surface area (TPSA) is 116 Å². The van der Waals surface area contributed by atoms with Gasteiger partial charge in [0.2, 0.25) is 5.95 Å². The predicted octanol–water partition coefficient (Wildman–Crippen LogP) is 1.81. The maximum absolute atomic E-state index is 12.1. The molecule has 1 aromatic carbocycles. The molecule has 1 heterocycles. The number of nitrogens with zero attached hydrogens (tertiary/aromatic N) is 2. The quantitative estimate of drug-likeness (QED) is 0.440. The average molecular weight is 315 g/mol. The first kappa shape index (κ1) is 16.7. The predicted molar refractivity (Wildman–Crippen MR) is 87.7 cm³/mol. The SMILES string of the molecule is CCC(Oc1ccc(C)cc1)c1nc(N)nc(C)c1C(=O)NN. The summed E-state index contributed by atoms with van der Waals surface area (Å²) in [6.07, 6.45) is 0.170. The van der Waals surface area contributed by atoms with Gasteiger partial charge in [0, 0.05) is 0 Å². The number of rotatable bonds is 5. The first-order valence-electron chi connectivity index (χ1n) is 7.34. The molecule has 0 fully saturated rings. The van der Waals surface area contributed by atoms with Crippen LogP contribution in [0.25, 0.3) is 0 Å². The highest BCUT2D eigenvalue weighted by atomic mass is 16.5. The second kappa shape index (κ2) is 7.06. The first-order valence-corrected chi connectivity index (χ1v) is 7.34. The number of nitrogens with one attached hydrogen (secondary N) is 1. The Kier molecular flexibility index (Phi) is 5.13. The molecule has 0 radical (unpaired) electrons. The third-order valence-electron chi connectivity index (χ3n) is 3.47. The molecule has 122 valence electrons. The fourth-order valence-electron chi connectivity index (χ4n) is 2.32. The maximum Gasteiger partial charge on any atom is 0.269 e. The molecular formula is C16H21N5O2. The molecule has 7 nitrogen and oxygen atoms in total. The van der Waals surface area contributed by atoms with E-state index in [4.69, 9.17) is 16.3 Å². The molecule has 0 aliphatic carbocycles. The zero-order valence-corrected chi connectivity index (χ0v) is 13.5. The van der Waals surface area contributed by atoms with Gasteiger partial charge < -0.3 is 10.5 Å². The molecule has 0 spiro atoms. The van der Waals surface area contributed by atoms with Crippen LogP contribution < -0.4 is 21.7 Å². The highest BCUT2D eigenvalue weighted by molar-refractivity contribution is 5.96. The molecule has 0 bridgehead atoms. The second-order valence-electron chi connectivity index (χ2n) is 5.23. The second-order valence-corrected chi connectivity index (χ2v) is 5.23. The van der Waals surface area contributed by atoms with Gasteiger partial charge in [-0.05, 0) is 32.4 Å². The van der Waals surface area contributed by atoms with Crippen LogP contribution in [0.1, 0.15) is 46.8 Å². The molecule has 0 aliphatic rings. The number of amides is 1. The van der Waals surface area contributed by atoms with E-state index in [0.717, 1.165) is 5.56 Å². The van der Waals surface area contributed by atoms with Crippen molar-refractivity contribution in [1.82, 2.24) is 15.4 Å². The first-order chi connectivity index (χ1) is 11.0. The van der Waals surface area contributed by atoms with E-state index in [2.05, 4.69) is 15.4 Å². The molecule has 1 amide bonds. The highest BCUT2D eigenvalue weighted by Crippen LogP contribution is 2.27. The number of nitrogens with two attached hydrogens (primary N) is 2. The minimum absolute atomic E-state index is 0.0945. The molecule has 7 heteroatoms. The van der Waals surface area contributed by atoms with Gasteiger partial charge in [0.15, 0.2) is 0 Å². The summed E-state index contributed by atoms with van der Waals surface area (Å²) in [5.74, 6) is 5.58. The van der Waals surface area contributed by atoms with Crippen LogP contribution in [0.4, 0.5) is 5.95 Å². The highest BCUT2D eigenvalue weighted by Gasteiger charge is 2.24. The molecule has 0 saturated heterocycles. The zero-order chi connectivity index (χ0) is 17.0. The van der Waals surface area contributed by atoms with E-state index in [-0.39, 0.29) is 5.95 Å². The van der Waals surface area contributed by atoms with E-state index < -0.39 is 12.0 Å². The zero-order valence-electron chi connectivity index (χ0n) is 13.5. The van der Waals surface area contributed by atoms with Gasteiger partial charge >= 0.3 is 0 Å². The van der Waals surface area contributed by atoms with Gasteiger partial charge in [-0.1, -0.05) is 24.6 Å². The largest absolute Gasteiger partial charge is 0.484 e. The summed E-state index contributed by atoms with van der Waals surface area (Å²) in [7, 11) is 0. The van der Waals surface area contributed by atoms with Crippen molar-refractivity contribution in [1.29, 1.82) is 0 Å². The third-order valence-corrected chi connectivity index (χ3v) is 3.47. The summed E-state index contributed by atoms with van der Waals surface area (Å²) >= 11 is 0. The molecule has 0 saturated carbocycles. The van der Waals surface area contributed by atoms with Gasteiger partial charge in [0.25, 0.3) is 5.91 Å². The van der Waals surface area contributed by atoms with Crippen LogP contribution in [0.5, 0.6) is 5.75 Å². The van der Waals surface area contributed by atoms with Gasteiger partial charge in [-0.15, -0.1) is 0 Å². The molecule has 5 N–H and O–H groups in total. The average Bonchev–Trinajstić information content (AvgIpc) is 2.53. The third kappa shape index (κ3) is 3.75. The number of benzene rings is 1. The lowest BCUT2D eigenvalue weighted by atomic mass is 10.0. The minimum Gasteiger partial charge on any atom is -0.484 e. The molecular weight excluding hydrogens is 294 g/mol. The minimum atomic E-state index is -0.469. The van der Waals surface area contributed by atoms with E-state index in [9.17, 15) is 4.79 Å². The van der Waals surface area contributed by atoms with Crippen LogP contribution >= 0.6 is 0 Å². The standard InChI is InChI=1S/C16H21N5O2/c1-4-12(23-11-7-5-9(2)6-8-11)14-13(15(22)21-18)10(3)19-16(17)20-14/h5-8,12H,4,18H2,1-3H3,(H,21,22)(H2,17,19,20). The van der Waals surface area contributed by atoms with Crippen molar-refractivity contribution >= 4 is 11.9 Å². The van der Waals surface area contributed by atoms with Crippen molar-refractivity contribution in [2.45, 2.75) is 33.3 Å². The molecule has 1 atom stereocenters. The van der Waals surface area contributed by atoms with Crippen molar-refractivity contribution in [3.63, 3.8) is 0 Å². The number of ether oxygens (including phenoxy) is 1. The van der Waals surface area contributed by atoms with Gasteiger partial charge in [-0.2, -0.15) is 0 Å². The Morgan fingerprint density at radius 1 is 1.26 bits per heavy atom. The maximum atomic E-state index is 12.1. The number of hydrogen-bond acceptors (Lipinski definition) is 6. The summed E-state index contributed by atoms with van der Waals surface area (Å²) in [4.78, 5) is 20.3. The van der Waals surface area contributed by atoms with E-state index >= 15 is 0 Å². The molecule has 2 rings (SSSR count). The Bertz CT molecular complexity index is 700. The van der Waals surface area contributed by atoms with Gasteiger partial charge in [-0.25, -0.2) is 15.8 Å². The van der Waals surface area contributed by atoms with Crippen LogP contribution in [-0.2, 0) is 0 Å². The van der Waals surface area contributed by atoms with Gasteiger partial charge in [0.05, 0.1) is 17.0 Å². The Balaban J connectivity index is 2.44. The van der Waals surface area contributed by atoms with E-state index in [1.54, 1.807) is 6.92 Å². The number of nitrogen functional groups attached to an aromatic ring is 2. The fraction of sp³-hybridized carbons (Fsp3) is 0.312. The number of carbonyl (C=O) groups is 1. The summed E-state index contributed by atoms with van der Waals surface area (Å²) in [6.45, 7) is 5.63. The van der Waals surface area contributed by atoms with Crippen LogP contribution in [-0.4, -0.2) is 15.9 Å². The summed E-state index contributed by atoms with van der Waals surface area (Å²) in [5.41, 5.74) is 10.2. The summed E-state index contributed by atoms with van der Waals surface area (Å²) in [6, 6.07) is 7.65. The molecule has 0 aliphatic heterocycles. The van der Waals surface area contributed by atoms with Crippen molar-refractivity contribution in [3.8, 4) is 5.75 Å². The smallest absolute Gasteiger partial charge is 0.269 e. The van der Waals surface area contributed by atoms with Crippen molar-refractivity contribution in [2.75, 3.05) is 5.73 Å². The monoisotopic (exact) mass is 315 g/mol. The van der Waals surface area contributed by atoms with Crippen LogP contribution in [0.15, 0.2) is 24.3 Å². The molecule has 1 unspecified atom stereocenters. The van der Waals surface area contributed by atoms with Crippen molar-refractivity contribution in [2.24, 2.45) is 5.84 Å². The van der Waals surface area contributed by atoms with Gasteiger partial charge in [-0.3, -0.25) is 10.2 Å². The normalized spacial score (nSPS) is 11.8. The Hall–Kier alpha value is -2.67. The molecule has 23 heavy (non-hydrogen) atoms. The van der Waals surface area contributed by atoms with E-state index in [0.29, 0.717) is 29.1 Å². The summed E-state index contributed by atoms with van der Waals surface area (Å²) in [5, 5.41) is 0. The Labute approximate surface area is 135 Å². The van der Waals surface area contributed by atoms with E-state index in [1.165, 1.54) is 0 Å².